The van der Waals surface area contributed by atoms with Crippen molar-refractivity contribution in [2.45, 2.75) is 18.4 Å². The summed E-state index contributed by atoms with van der Waals surface area (Å²) in [4.78, 5) is 12.3. The molecule has 0 saturated carbocycles. The van der Waals surface area contributed by atoms with Crippen molar-refractivity contribution in [3.8, 4) is 5.75 Å². The summed E-state index contributed by atoms with van der Waals surface area (Å²) in [6.07, 6.45) is 0. The van der Waals surface area contributed by atoms with E-state index in [2.05, 4.69) is 10.0 Å². The Morgan fingerprint density at radius 2 is 1.88 bits per heavy atom. The number of halogens is 2. The zero-order valence-corrected chi connectivity index (χ0v) is 16.5. The highest BCUT2D eigenvalue weighted by Gasteiger charge is 2.21. The molecule has 2 aromatic rings. The molecule has 0 fully saturated rings. The number of carbonyl (C=O) groups is 1. The quantitative estimate of drug-likeness (QED) is 0.725. The number of amides is 1. The molecule has 9 heteroatoms. The van der Waals surface area contributed by atoms with Crippen LogP contribution >= 0.6 is 23.2 Å². The summed E-state index contributed by atoms with van der Waals surface area (Å²) in [5, 5.41) is 3.63. The van der Waals surface area contributed by atoms with Crippen LogP contribution in [0.3, 0.4) is 0 Å². The van der Waals surface area contributed by atoms with Gasteiger partial charge in [0.15, 0.2) is 0 Å². The molecule has 1 amide bonds. The molecule has 140 valence electrons. The van der Waals surface area contributed by atoms with Crippen molar-refractivity contribution < 1.29 is 17.9 Å². The number of nitrogens with one attached hydrogen (secondary N) is 2. The molecule has 0 saturated heterocycles. The van der Waals surface area contributed by atoms with Crippen molar-refractivity contribution in [3.05, 3.63) is 57.6 Å². The van der Waals surface area contributed by atoms with Crippen LogP contribution in [-0.2, 0) is 16.6 Å². The van der Waals surface area contributed by atoms with Gasteiger partial charge in [-0.25, -0.2) is 13.1 Å². The summed E-state index contributed by atoms with van der Waals surface area (Å²) >= 11 is 11.9. The van der Waals surface area contributed by atoms with Gasteiger partial charge in [0.25, 0.3) is 5.91 Å². The fourth-order valence-electron chi connectivity index (χ4n) is 2.24. The van der Waals surface area contributed by atoms with Crippen molar-refractivity contribution in [2.24, 2.45) is 0 Å². The van der Waals surface area contributed by atoms with Crippen LogP contribution in [0.4, 0.5) is 0 Å². The van der Waals surface area contributed by atoms with E-state index >= 15 is 0 Å². The van der Waals surface area contributed by atoms with E-state index in [9.17, 15) is 13.2 Å². The molecular weight excluding hydrogens is 399 g/mol. The van der Waals surface area contributed by atoms with Gasteiger partial charge in [0.05, 0.1) is 7.11 Å². The fraction of sp³-hybridized carbons (Fsp3) is 0.235. The first-order chi connectivity index (χ1) is 12.3. The Labute approximate surface area is 162 Å². The number of ether oxygens (including phenoxy) is 1. The molecule has 0 unspecified atom stereocenters. The lowest BCUT2D eigenvalue weighted by molar-refractivity contribution is 0.0950. The van der Waals surface area contributed by atoms with Crippen LogP contribution in [0, 0.1) is 0 Å². The number of carbonyl (C=O) groups excluding carboxylic acids is 1. The summed E-state index contributed by atoms with van der Waals surface area (Å²) in [6.45, 7) is 2.06. The molecule has 0 atom stereocenters. The van der Waals surface area contributed by atoms with E-state index in [1.54, 1.807) is 25.1 Å². The second-order valence-corrected chi connectivity index (χ2v) is 7.86. The van der Waals surface area contributed by atoms with Crippen LogP contribution in [0.1, 0.15) is 22.8 Å². The molecule has 0 aliphatic carbocycles. The summed E-state index contributed by atoms with van der Waals surface area (Å²) in [5.41, 5.74) is 0.880. The Kier molecular flexibility index (Phi) is 6.88. The number of rotatable bonds is 7. The first-order valence-corrected chi connectivity index (χ1v) is 9.92. The van der Waals surface area contributed by atoms with Crippen LogP contribution in [0.2, 0.25) is 10.0 Å². The topological polar surface area (TPSA) is 84.5 Å². The summed E-state index contributed by atoms with van der Waals surface area (Å²) in [7, 11) is -2.41. The minimum absolute atomic E-state index is 0.0981. The van der Waals surface area contributed by atoms with Crippen molar-refractivity contribution in [1.29, 1.82) is 0 Å². The molecule has 0 aromatic heterocycles. The minimum Gasteiger partial charge on any atom is -0.495 e. The molecule has 0 radical (unpaired) electrons. The van der Waals surface area contributed by atoms with Gasteiger partial charge in [-0.1, -0.05) is 36.2 Å². The standard InChI is InChI=1S/C17H18Cl2N2O4S/c1-3-21-26(23,24)16-8-11(5-7-15(16)25-2)17(22)20-10-12-4-6-13(18)9-14(12)19/h4-9,21H,3,10H2,1-2H3,(H,20,22). The minimum atomic E-state index is -3.78. The number of hydrogen-bond acceptors (Lipinski definition) is 4. The Bertz CT molecular complexity index is 917. The van der Waals surface area contributed by atoms with E-state index in [4.69, 9.17) is 27.9 Å². The second-order valence-electron chi connectivity index (χ2n) is 5.29. The lowest BCUT2D eigenvalue weighted by Crippen LogP contribution is -2.26. The van der Waals surface area contributed by atoms with Gasteiger partial charge in [-0.2, -0.15) is 0 Å². The fourth-order valence-corrected chi connectivity index (χ4v) is 3.95. The van der Waals surface area contributed by atoms with Gasteiger partial charge < -0.3 is 10.1 Å². The van der Waals surface area contributed by atoms with Gasteiger partial charge in [-0.05, 0) is 35.9 Å². The molecule has 2 N–H and O–H groups in total. The molecule has 0 aliphatic rings. The molecule has 0 spiro atoms. The number of hydrogen-bond donors (Lipinski definition) is 2. The highest BCUT2D eigenvalue weighted by atomic mass is 35.5. The maximum Gasteiger partial charge on any atom is 0.251 e. The average Bonchev–Trinajstić information content (AvgIpc) is 2.60. The smallest absolute Gasteiger partial charge is 0.251 e. The van der Waals surface area contributed by atoms with E-state index in [1.807, 2.05) is 0 Å². The van der Waals surface area contributed by atoms with Gasteiger partial charge in [0.2, 0.25) is 10.0 Å². The Balaban J connectivity index is 2.23. The summed E-state index contributed by atoms with van der Waals surface area (Å²) in [6, 6.07) is 9.16. The highest BCUT2D eigenvalue weighted by molar-refractivity contribution is 7.89. The Hall–Kier alpha value is -1.80. The molecule has 26 heavy (non-hydrogen) atoms. The van der Waals surface area contributed by atoms with E-state index in [0.717, 1.165) is 0 Å². The predicted molar refractivity (Wildman–Crippen MR) is 101 cm³/mol. The van der Waals surface area contributed by atoms with Gasteiger partial charge in [-0.15, -0.1) is 0 Å². The van der Waals surface area contributed by atoms with E-state index in [-0.39, 0.29) is 29.3 Å². The summed E-state index contributed by atoms with van der Waals surface area (Å²) in [5.74, 6) is -0.283. The van der Waals surface area contributed by atoms with Crippen molar-refractivity contribution in [2.75, 3.05) is 13.7 Å². The SMILES string of the molecule is CCNS(=O)(=O)c1cc(C(=O)NCc2ccc(Cl)cc2Cl)ccc1OC. The second kappa shape index (κ2) is 8.73. The molecule has 0 bridgehead atoms. The van der Waals surface area contributed by atoms with Crippen LogP contribution in [0.5, 0.6) is 5.75 Å². The molecule has 0 heterocycles. The van der Waals surface area contributed by atoms with E-state index in [0.29, 0.717) is 15.6 Å². The van der Waals surface area contributed by atoms with Crippen LogP contribution in [0.25, 0.3) is 0 Å². The van der Waals surface area contributed by atoms with Crippen molar-refractivity contribution in [1.82, 2.24) is 10.0 Å². The Morgan fingerprint density at radius 3 is 2.50 bits per heavy atom. The third kappa shape index (κ3) is 4.88. The van der Waals surface area contributed by atoms with Gasteiger partial charge in [0.1, 0.15) is 10.6 Å². The molecular formula is C17H18Cl2N2O4S. The van der Waals surface area contributed by atoms with Crippen molar-refractivity contribution in [3.63, 3.8) is 0 Å². The van der Waals surface area contributed by atoms with Crippen LogP contribution < -0.4 is 14.8 Å². The van der Waals surface area contributed by atoms with Gasteiger partial charge in [0, 0.05) is 28.7 Å². The number of methoxy groups -OCH3 is 1. The molecule has 2 aromatic carbocycles. The zero-order chi connectivity index (χ0) is 19.3. The third-order valence-electron chi connectivity index (χ3n) is 3.50. The number of sulfonamides is 1. The number of benzene rings is 2. The van der Waals surface area contributed by atoms with Gasteiger partial charge in [-0.3, -0.25) is 4.79 Å². The van der Waals surface area contributed by atoms with Crippen LogP contribution in [0.15, 0.2) is 41.3 Å². The monoisotopic (exact) mass is 416 g/mol. The van der Waals surface area contributed by atoms with Crippen LogP contribution in [-0.4, -0.2) is 28.0 Å². The Morgan fingerprint density at radius 1 is 1.15 bits per heavy atom. The zero-order valence-electron chi connectivity index (χ0n) is 14.2. The molecule has 6 nitrogen and oxygen atoms in total. The van der Waals surface area contributed by atoms with E-state index < -0.39 is 15.9 Å². The van der Waals surface area contributed by atoms with E-state index in [1.165, 1.54) is 25.3 Å². The average molecular weight is 417 g/mol. The maximum absolute atomic E-state index is 12.4. The third-order valence-corrected chi connectivity index (χ3v) is 5.66. The molecule has 0 aliphatic heterocycles. The molecule has 2 rings (SSSR count). The first-order valence-electron chi connectivity index (χ1n) is 7.68. The highest BCUT2D eigenvalue weighted by Crippen LogP contribution is 2.25. The lowest BCUT2D eigenvalue weighted by atomic mass is 10.2. The summed E-state index contributed by atoms with van der Waals surface area (Å²) < 4.78 is 32.0. The lowest BCUT2D eigenvalue weighted by Gasteiger charge is -2.12. The first kappa shape index (κ1) is 20.5. The predicted octanol–water partition coefficient (Wildman–Crippen LogP) is 3.23. The van der Waals surface area contributed by atoms with Gasteiger partial charge >= 0.3 is 0 Å². The van der Waals surface area contributed by atoms with Crippen molar-refractivity contribution >= 4 is 39.1 Å². The normalized spacial score (nSPS) is 11.2. The maximum atomic E-state index is 12.4. The largest absolute Gasteiger partial charge is 0.495 e.